The number of carbonyl (C=O) groups is 1. The van der Waals surface area contributed by atoms with E-state index < -0.39 is 0 Å². The van der Waals surface area contributed by atoms with Gasteiger partial charge in [-0.05, 0) is 18.2 Å². The van der Waals surface area contributed by atoms with E-state index in [0.717, 1.165) is 15.2 Å². The molecule has 2 aromatic rings. The molecule has 1 amide bonds. The average Bonchev–Trinajstić information content (AvgIpc) is 2.27. The molecule has 0 spiro atoms. The smallest absolute Gasteiger partial charge is 0.270 e. The first-order chi connectivity index (χ1) is 7.63. The lowest BCUT2D eigenvalue weighted by molar-refractivity contribution is 0.0960. The van der Waals surface area contributed by atoms with E-state index >= 15 is 0 Å². The molecule has 0 bridgehead atoms. The Bertz CT molecular complexity index is 568. The van der Waals surface area contributed by atoms with E-state index in [2.05, 4.69) is 26.2 Å². The first kappa shape index (κ1) is 10.9. The molecule has 2 rings (SSSR count). The fraction of sp³-hybridized carbons (Fsp3) is 0.0909. The van der Waals surface area contributed by atoms with E-state index in [1.54, 1.807) is 25.4 Å². The molecule has 0 fully saturated rings. The van der Waals surface area contributed by atoms with E-state index in [0.29, 0.717) is 11.4 Å². The zero-order valence-electron chi connectivity index (χ0n) is 8.62. The van der Waals surface area contributed by atoms with Gasteiger partial charge in [0.05, 0.1) is 0 Å². The number of hydrogen-bond donors (Lipinski definition) is 2. The molecule has 5 heteroatoms. The molecule has 3 N–H and O–H groups in total. The van der Waals surface area contributed by atoms with E-state index in [9.17, 15) is 4.79 Å². The van der Waals surface area contributed by atoms with Crippen LogP contribution in [0.3, 0.4) is 0 Å². The van der Waals surface area contributed by atoms with Crippen LogP contribution < -0.4 is 11.1 Å². The molecule has 0 saturated heterocycles. The minimum Gasteiger partial charge on any atom is -0.398 e. The standard InChI is InChI=1S/C11H10BrN3O/c1-14-11(16)10-8-4-6(12)5-9(13)7(8)2-3-15-10/h2-5H,13H2,1H3,(H,14,16). The Kier molecular flexibility index (Phi) is 2.78. The Morgan fingerprint density at radius 3 is 2.88 bits per heavy atom. The monoisotopic (exact) mass is 279 g/mol. The van der Waals surface area contributed by atoms with Crippen LogP contribution in [0.15, 0.2) is 28.9 Å². The zero-order chi connectivity index (χ0) is 11.7. The number of hydrogen-bond acceptors (Lipinski definition) is 3. The summed E-state index contributed by atoms with van der Waals surface area (Å²) in [7, 11) is 1.57. The SMILES string of the molecule is CNC(=O)c1nccc2c(N)cc(Br)cc12. The molecule has 1 aromatic heterocycles. The Morgan fingerprint density at radius 2 is 2.19 bits per heavy atom. The van der Waals surface area contributed by atoms with Crippen LogP contribution in [0.2, 0.25) is 0 Å². The van der Waals surface area contributed by atoms with E-state index in [4.69, 9.17) is 5.73 Å². The van der Waals surface area contributed by atoms with Gasteiger partial charge in [-0.2, -0.15) is 0 Å². The van der Waals surface area contributed by atoms with Crippen LogP contribution in [-0.2, 0) is 0 Å². The lowest BCUT2D eigenvalue weighted by Crippen LogP contribution is -2.19. The molecule has 1 aromatic carbocycles. The molecule has 0 unspecified atom stereocenters. The Labute approximate surface area is 101 Å². The van der Waals surface area contributed by atoms with Crippen molar-refractivity contribution in [1.29, 1.82) is 0 Å². The van der Waals surface area contributed by atoms with Crippen LogP contribution >= 0.6 is 15.9 Å². The van der Waals surface area contributed by atoms with E-state index in [-0.39, 0.29) is 5.91 Å². The van der Waals surface area contributed by atoms with Crippen LogP contribution in [0.4, 0.5) is 5.69 Å². The number of pyridine rings is 1. The maximum Gasteiger partial charge on any atom is 0.270 e. The average molecular weight is 280 g/mol. The fourth-order valence-electron chi connectivity index (χ4n) is 1.58. The second-order valence-corrected chi connectivity index (χ2v) is 4.24. The molecule has 82 valence electrons. The van der Waals surface area contributed by atoms with Crippen molar-refractivity contribution in [1.82, 2.24) is 10.3 Å². The molecular weight excluding hydrogens is 270 g/mol. The second kappa shape index (κ2) is 4.09. The first-order valence-corrected chi connectivity index (χ1v) is 5.48. The number of rotatable bonds is 1. The van der Waals surface area contributed by atoms with Crippen molar-refractivity contribution >= 4 is 38.3 Å². The quantitative estimate of drug-likeness (QED) is 0.784. The van der Waals surface area contributed by atoms with Gasteiger partial charge in [-0.1, -0.05) is 15.9 Å². The second-order valence-electron chi connectivity index (χ2n) is 3.33. The molecule has 0 saturated carbocycles. The van der Waals surface area contributed by atoms with Crippen molar-refractivity contribution in [2.75, 3.05) is 12.8 Å². The number of carbonyl (C=O) groups excluding carboxylic acids is 1. The molecule has 0 aliphatic heterocycles. The normalized spacial score (nSPS) is 10.4. The summed E-state index contributed by atoms with van der Waals surface area (Å²) in [5, 5.41) is 4.13. The van der Waals surface area contributed by atoms with Crippen molar-refractivity contribution in [2.24, 2.45) is 0 Å². The number of amides is 1. The van der Waals surface area contributed by atoms with Gasteiger partial charge in [0.2, 0.25) is 0 Å². The van der Waals surface area contributed by atoms with E-state index in [1.807, 2.05) is 6.07 Å². The highest BCUT2D eigenvalue weighted by atomic mass is 79.9. The van der Waals surface area contributed by atoms with Crippen LogP contribution in [0, 0.1) is 0 Å². The summed E-state index contributed by atoms with van der Waals surface area (Å²) >= 11 is 3.35. The molecule has 4 nitrogen and oxygen atoms in total. The Morgan fingerprint density at radius 1 is 1.44 bits per heavy atom. The highest BCUT2D eigenvalue weighted by molar-refractivity contribution is 9.10. The zero-order valence-corrected chi connectivity index (χ0v) is 10.2. The third-order valence-electron chi connectivity index (χ3n) is 2.32. The van der Waals surface area contributed by atoms with Gasteiger partial charge in [0.25, 0.3) is 5.91 Å². The Hall–Kier alpha value is -1.62. The lowest BCUT2D eigenvalue weighted by Gasteiger charge is -2.07. The van der Waals surface area contributed by atoms with Gasteiger partial charge in [-0.15, -0.1) is 0 Å². The van der Waals surface area contributed by atoms with Gasteiger partial charge < -0.3 is 11.1 Å². The highest BCUT2D eigenvalue weighted by Gasteiger charge is 2.11. The summed E-state index contributed by atoms with van der Waals surface area (Å²) in [5.41, 5.74) is 6.88. The lowest BCUT2D eigenvalue weighted by atomic mass is 10.1. The van der Waals surface area contributed by atoms with Gasteiger partial charge in [0, 0.05) is 34.2 Å². The van der Waals surface area contributed by atoms with Crippen LogP contribution in [-0.4, -0.2) is 17.9 Å². The van der Waals surface area contributed by atoms with Gasteiger partial charge >= 0.3 is 0 Å². The van der Waals surface area contributed by atoms with E-state index in [1.165, 1.54) is 0 Å². The molecule has 0 aliphatic rings. The van der Waals surface area contributed by atoms with Crippen LogP contribution in [0.5, 0.6) is 0 Å². The number of halogens is 1. The van der Waals surface area contributed by atoms with Gasteiger partial charge in [0.15, 0.2) is 0 Å². The minimum absolute atomic E-state index is 0.219. The number of fused-ring (bicyclic) bond motifs is 1. The molecular formula is C11H10BrN3O. The summed E-state index contributed by atoms with van der Waals surface area (Å²) in [6, 6.07) is 5.43. The van der Waals surface area contributed by atoms with Crippen molar-refractivity contribution < 1.29 is 4.79 Å². The fourth-order valence-corrected chi connectivity index (χ4v) is 2.05. The summed E-state index contributed by atoms with van der Waals surface area (Å²) in [6.45, 7) is 0. The summed E-state index contributed by atoms with van der Waals surface area (Å²) in [6.07, 6.45) is 1.58. The summed E-state index contributed by atoms with van der Waals surface area (Å²) < 4.78 is 0.829. The molecule has 0 atom stereocenters. The van der Waals surface area contributed by atoms with Crippen LogP contribution in [0.1, 0.15) is 10.5 Å². The third-order valence-corrected chi connectivity index (χ3v) is 2.78. The summed E-state index contributed by atoms with van der Waals surface area (Å²) in [4.78, 5) is 15.7. The summed E-state index contributed by atoms with van der Waals surface area (Å²) in [5.74, 6) is -0.219. The number of nitrogens with zero attached hydrogens (tertiary/aromatic N) is 1. The Balaban J connectivity index is 2.81. The van der Waals surface area contributed by atoms with Gasteiger partial charge in [0.1, 0.15) is 5.69 Å². The number of nitrogens with two attached hydrogens (primary N) is 1. The number of nitrogen functional groups attached to an aromatic ring is 1. The molecule has 1 heterocycles. The molecule has 16 heavy (non-hydrogen) atoms. The van der Waals surface area contributed by atoms with Crippen molar-refractivity contribution in [3.05, 3.63) is 34.6 Å². The highest BCUT2D eigenvalue weighted by Crippen LogP contribution is 2.27. The minimum atomic E-state index is -0.219. The number of aromatic nitrogens is 1. The van der Waals surface area contributed by atoms with Gasteiger partial charge in [-0.3, -0.25) is 9.78 Å². The maximum atomic E-state index is 11.6. The largest absolute Gasteiger partial charge is 0.398 e. The number of nitrogens with one attached hydrogen (secondary N) is 1. The number of benzene rings is 1. The van der Waals surface area contributed by atoms with Crippen molar-refractivity contribution in [3.8, 4) is 0 Å². The van der Waals surface area contributed by atoms with Crippen molar-refractivity contribution in [3.63, 3.8) is 0 Å². The number of anilines is 1. The molecule has 0 radical (unpaired) electrons. The van der Waals surface area contributed by atoms with Gasteiger partial charge in [-0.25, -0.2) is 0 Å². The predicted octanol–water partition coefficient (Wildman–Crippen LogP) is 1.94. The molecule has 0 aliphatic carbocycles. The van der Waals surface area contributed by atoms with Crippen LogP contribution in [0.25, 0.3) is 10.8 Å². The topological polar surface area (TPSA) is 68.0 Å². The first-order valence-electron chi connectivity index (χ1n) is 4.69. The third kappa shape index (κ3) is 1.74. The van der Waals surface area contributed by atoms with Crippen molar-refractivity contribution in [2.45, 2.75) is 0 Å². The predicted molar refractivity (Wildman–Crippen MR) is 67.2 cm³/mol. The maximum absolute atomic E-state index is 11.6.